The van der Waals surface area contributed by atoms with E-state index < -0.39 is 0 Å². The lowest BCUT2D eigenvalue weighted by Gasteiger charge is -2.32. The molecule has 2 aromatic carbocycles. The number of benzene rings is 2. The summed E-state index contributed by atoms with van der Waals surface area (Å²) >= 11 is 5.94. The van der Waals surface area contributed by atoms with E-state index >= 15 is 0 Å². The average molecular weight is 398 g/mol. The maximum atomic E-state index is 12.6. The van der Waals surface area contributed by atoms with E-state index in [0.717, 1.165) is 26.1 Å². The second kappa shape index (κ2) is 8.54. The Labute approximate surface area is 172 Å². The van der Waals surface area contributed by atoms with Crippen molar-refractivity contribution in [2.45, 2.75) is 31.7 Å². The summed E-state index contributed by atoms with van der Waals surface area (Å²) in [5.41, 5.74) is 4.74. The van der Waals surface area contributed by atoms with Crippen LogP contribution in [0.4, 0.5) is 5.69 Å². The smallest absolute Gasteiger partial charge is 0.251 e. The number of nitrogens with zero attached hydrogens (tertiary/aromatic N) is 2. The lowest BCUT2D eigenvalue weighted by atomic mass is 9.96. The van der Waals surface area contributed by atoms with Crippen molar-refractivity contribution in [2.24, 2.45) is 0 Å². The Hall–Kier alpha value is -2.04. The summed E-state index contributed by atoms with van der Waals surface area (Å²) < 4.78 is 0. The van der Waals surface area contributed by atoms with Gasteiger partial charge in [-0.2, -0.15) is 0 Å². The number of aryl methyl sites for hydroxylation is 1. The van der Waals surface area contributed by atoms with Crippen molar-refractivity contribution in [3.05, 3.63) is 64.2 Å². The third-order valence-corrected chi connectivity index (χ3v) is 6.23. The molecule has 28 heavy (non-hydrogen) atoms. The Balaban J connectivity index is 1.52. The van der Waals surface area contributed by atoms with Crippen molar-refractivity contribution >= 4 is 23.2 Å². The number of rotatable bonds is 5. The van der Waals surface area contributed by atoms with Crippen LogP contribution >= 0.6 is 11.6 Å². The molecule has 2 heterocycles. The number of carbonyl (C=O) groups is 1. The maximum Gasteiger partial charge on any atom is 0.251 e. The second-order valence-electron chi connectivity index (χ2n) is 7.89. The zero-order valence-corrected chi connectivity index (χ0v) is 17.2. The van der Waals surface area contributed by atoms with E-state index in [0.29, 0.717) is 17.1 Å². The Morgan fingerprint density at radius 1 is 1.07 bits per heavy atom. The highest BCUT2D eigenvalue weighted by atomic mass is 35.5. The first-order valence-electron chi connectivity index (χ1n) is 10.2. The Bertz CT molecular complexity index is 830. The van der Waals surface area contributed by atoms with E-state index in [1.165, 1.54) is 36.1 Å². The number of amides is 1. The molecule has 0 unspecified atom stereocenters. The van der Waals surface area contributed by atoms with Crippen molar-refractivity contribution in [2.75, 3.05) is 38.1 Å². The number of nitrogens with one attached hydrogen (secondary N) is 1. The fourth-order valence-corrected chi connectivity index (χ4v) is 4.54. The zero-order valence-electron chi connectivity index (χ0n) is 16.5. The van der Waals surface area contributed by atoms with Gasteiger partial charge in [-0.05, 0) is 80.2 Å². The predicted molar refractivity (Wildman–Crippen MR) is 115 cm³/mol. The van der Waals surface area contributed by atoms with Gasteiger partial charge in [-0.3, -0.25) is 9.69 Å². The van der Waals surface area contributed by atoms with Crippen LogP contribution < -0.4 is 10.2 Å². The van der Waals surface area contributed by atoms with E-state index in [4.69, 9.17) is 11.6 Å². The van der Waals surface area contributed by atoms with Crippen molar-refractivity contribution in [3.8, 4) is 0 Å². The molecule has 5 heteroatoms. The first kappa shape index (κ1) is 19.3. The molecule has 0 aliphatic carbocycles. The second-order valence-corrected chi connectivity index (χ2v) is 8.33. The standard InChI is InChI=1S/C23H28ClN3O/c1-26-12-4-5-18-15-19(8-11-21(18)26)22(27-13-2-3-14-27)16-25-23(28)17-6-9-20(24)10-7-17/h6-11,15,22H,2-5,12-14,16H2,1H3,(H,25,28)/t22-/m1/s1. The molecular formula is C23H28ClN3O. The Morgan fingerprint density at radius 2 is 1.82 bits per heavy atom. The number of halogens is 1. The van der Waals surface area contributed by atoms with Crippen LogP contribution in [0.25, 0.3) is 0 Å². The summed E-state index contributed by atoms with van der Waals surface area (Å²) in [6, 6.07) is 14.2. The summed E-state index contributed by atoms with van der Waals surface area (Å²) in [6.07, 6.45) is 4.80. The van der Waals surface area contributed by atoms with Gasteiger partial charge < -0.3 is 10.2 Å². The zero-order chi connectivity index (χ0) is 19.5. The minimum atomic E-state index is -0.0430. The summed E-state index contributed by atoms with van der Waals surface area (Å²) in [6.45, 7) is 3.94. The first-order valence-corrected chi connectivity index (χ1v) is 10.6. The lowest BCUT2D eigenvalue weighted by molar-refractivity contribution is 0.0938. The fourth-order valence-electron chi connectivity index (χ4n) is 4.42. The van der Waals surface area contributed by atoms with Gasteiger partial charge in [0.1, 0.15) is 0 Å². The summed E-state index contributed by atoms with van der Waals surface area (Å²) in [4.78, 5) is 17.5. The molecule has 2 aliphatic heterocycles. The quantitative estimate of drug-likeness (QED) is 0.817. The lowest BCUT2D eigenvalue weighted by Crippen LogP contribution is -2.37. The van der Waals surface area contributed by atoms with Gasteiger partial charge in [0.25, 0.3) is 5.91 Å². The normalized spacial score (nSPS) is 18.0. The molecule has 0 radical (unpaired) electrons. The highest BCUT2D eigenvalue weighted by molar-refractivity contribution is 6.30. The molecule has 4 nitrogen and oxygen atoms in total. The van der Waals surface area contributed by atoms with Gasteiger partial charge in [-0.25, -0.2) is 0 Å². The van der Waals surface area contributed by atoms with Crippen molar-refractivity contribution in [3.63, 3.8) is 0 Å². The molecule has 148 valence electrons. The van der Waals surface area contributed by atoms with Crippen molar-refractivity contribution in [1.29, 1.82) is 0 Å². The number of likely N-dealkylation sites (tertiary alicyclic amines) is 1. The number of hydrogen-bond acceptors (Lipinski definition) is 3. The minimum absolute atomic E-state index is 0.0430. The SMILES string of the molecule is CN1CCCc2cc([C@@H](CNC(=O)c3ccc(Cl)cc3)N3CCCC3)ccc21. The van der Waals surface area contributed by atoms with E-state index in [9.17, 15) is 4.79 Å². The molecule has 1 fully saturated rings. The predicted octanol–water partition coefficient (Wildman–Crippen LogP) is 4.29. The highest BCUT2D eigenvalue weighted by Gasteiger charge is 2.25. The molecule has 0 aromatic heterocycles. The van der Waals surface area contributed by atoms with E-state index in [1.807, 2.05) is 0 Å². The molecule has 1 N–H and O–H groups in total. The fraction of sp³-hybridized carbons (Fsp3) is 0.435. The van der Waals surface area contributed by atoms with Crippen LogP contribution in [0.3, 0.4) is 0 Å². The first-order chi connectivity index (χ1) is 13.6. The van der Waals surface area contributed by atoms with Gasteiger partial charge in [0.2, 0.25) is 0 Å². The van der Waals surface area contributed by atoms with Crippen LogP contribution in [-0.4, -0.2) is 44.0 Å². The molecule has 0 spiro atoms. The van der Waals surface area contributed by atoms with Crippen LogP contribution in [0.5, 0.6) is 0 Å². The van der Waals surface area contributed by atoms with Gasteiger partial charge in [0.15, 0.2) is 0 Å². The van der Waals surface area contributed by atoms with E-state index in [-0.39, 0.29) is 11.9 Å². The number of carbonyl (C=O) groups excluding carboxylic acids is 1. The van der Waals surface area contributed by atoms with Gasteiger partial charge in [-0.1, -0.05) is 23.7 Å². The highest BCUT2D eigenvalue weighted by Crippen LogP contribution is 2.31. The molecular weight excluding hydrogens is 370 g/mol. The van der Waals surface area contributed by atoms with E-state index in [1.54, 1.807) is 24.3 Å². The topological polar surface area (TPSA) is 35.6 Å². The van der Waals surface area contributed by atoms with Gasteiger partial charge in [0, 0.05) is 36.4 Å². The largest absolute Gasteiger partial charge is 0.374 e. The average Bonchev–Trinajstić information content (AvgIpc) is 3.23. The minimum Gasteiger partial charge on any atom is -0.374 e. The summed E-state index contributed by atoms with van der Waals surface area (Å²) in [5.74, 6) is -0.0430. The number of anilines is 1. The molecule has 0 saturated carbocycles. The van der Waals surface area contributed by atoms with Crippen LogP contribution in [0.2, 0.25) is 5.02 Å². The molecule has 2 aliphatic rings. The van der Waals surface area contributed by atoms with Crippen molar-refractivity contribution < 1.29 is 4.79 Å². The summed E-state index contributed by atoms with van der Waals surface area (Å²) in [7, 11) is 2.17. The van der Waals surface area contributed by atoms with Crippen LogP contribution in [0, 0.1) is 0 Å². The Kier molecular flexibility index (Phi) is 5.88. The summed E-state index contributed by atoms with van der Waals surface area (Å²) in [5, 5.41) is 3.79. The van der Waals surface area contributed by atoms with Crippen LogP contribution in [0.15, 0.2) is 42.5 Å². The number of hydrogen-bond donors (Lipinski definition) is 1. The monoisotopic (exact) mass is 397 g/mol. The molecule has 1 saturated heterocycles. The van der Waals surface area contributed by atoms with E-state index in [2.05, 4.69) is 40.4 Å². The molecule has 1 atom stereocenters. The molecule has 2 aromatic rings. The third-order valence-electron chi connectivity index (χ3n) is 5.98. The maximum absolute atomic E-state index is 12.6. The van der Waals surface area contributed by atoms with Gasteiger partial charge >= 0.3 is 0 Å². The van der Waals surface area contributed by atoms with Gasteiger partial charge in [0.05, 0.1) is 6.04 Å². The molecule has 0 bridgehead atoms. The Morgan fingerprint density at radius 3 is 2.57 bits per heavy atom. The molecule has 4 rings (SSSR count). The number of fused-ring (bicyclic) bond motifs is 1. The third kappa shape index (κ3) is 4.18. The van der Waals surface area contributed by atoms with Crippen molar-refractivity contribution in [1.82, 2.24) is 10.2 Å². The van der Waals surface area contributed by atoms with Gasteiger partial charge in [-0.15, -0.1) is 0 Å². The molecule has 1 amide bonds. The van der Waals surface area contributed by atoms with Crippen LogP contribution in [-0.2, 0) is 6.42 Å². The van der Waals surface area contributed by atoms with Crippen LogP contribution in [0.1, 0.15) is 46.8 Å².